The Bertz CT molecular complexity index is 296. The monoisotopic (exact) mass is 267 g/mol. The molecule has 0 aromatic carbocycles. The maximum atomic E-state index is 12.0. The number of nitrogens with zero attached hydrogens (tertiary/aromatic N) is 1. The van der Waals surface area contributed by atoms with E-state index in [9.17, 15) is 35.9 Å². The highest BCUT2D eigenvalue weighted by Gasteiger charge is 2.61. The summed E-state index contributed by atoms with van der Waals surface area (Å²) >= 11 is 0. The van der Waals surface area contributed by atoms with Crippen molar-refractivity contribution in [1.29, 1.82) is 0 Å². The molecule has 0 spiro atoms. The Hall–Kier alpha value is -1.48. The number of amides is 1. The standard InChI is InChI=1S/C7H7F6NO3/c1-14(2-3(15)16)5(17)4(6(8,9)10)7(11,12)13/h4H,2H2,1H3,(H,15,16). The SMILES string of the molecule is CN(CC(=O)O)C(=O)C(C(F)(F)F)C(F)(F)F. The number of hydrogen-bond donors (Lipinski definition) is 1. The molecule has 1 N–H and O–H groups in total. The second kappa shape index (κ2) is 4.80. The molecule has 0 saturated carbocycles. The first-order chi connectivity index (χ1) is 7.37. The molecular weight excluding hydrogens is 260 g/mol. The number of halogens is 6. The van der Waals surface area contributed by atoms with E-state index < -0.39 is 36.7 Å². The molecule has 4 nitrogen and oxygen atoms in total. The van der Waals surface area contributed by atoms with E-state index in [0.717, 1.165) is 0 Å². The van der Waals surface area contributed by atoms with Gasteiger partial charge in [0.05, 0.1) is 0 Å². The van der Waals surface area contributed by atoms with Crippen LogP contribution in [-0.4, -0.2) is 47.8 Å². The van der Waals surface area contributed by atoms with E-state index in [-0.39, 0.29) is 4.90 Å². The minimum atomic E-state index is -5.82. The Morgan fingerprint density at radius 2 is 1.47 bits per heavy atom. The van der Waals surface area contributed by atoms with Crippen LogP contribution in [0.2, 0.25) is 0 Å². The maximum Gasteiger partial charge on any atom is 0.409 e. The highest BCUT2D eigenvalue weighted by atomic mass is 19.4. The lowest BCUT2D eigenvalue weighted by Crippen LogP contribution is -2.49. The van der Waals surface area contributed by atoms with Crippen molar-refractivity contribution in [3.8, 4) is 0 Å². The Kier molecular flexibility index (Phi) is 4.38. The van der Waals surface area contributed by atoms with E-state index in [1.54, 1.807) is 0 Å². The van der Waals surface area contributed by atoms with Crippen molar-refractivity contribution in [3.63, 3.8) is 0 Å². The number of carbonyl (C=O) groups excluding carboxylic acids is 1. The van der Waals surface area contributed by atoms with Crippen LogP contribution in [0, 0.1) is 5.92 Å². The van der Waals surface area contributed by atoms with Crippen LogP contribution in [0.1, 0.15) is 0 Å². The third kappa shape index (κ3) is 4.49. The van der Waals surface area contributed by atoms with E-state index in [1.807, 2.05) is 0 Å². The molecule has 17 heavy (non-hydrogen) atoms. The predicted octanol–water partition coefficient (Wildman–Crippen LogP) is 1.27. The van der Waals surface area contributed by atoms with Gasteiger partial charge in [-0.15, -0.1) is 0 Å². The van der Waals surface area contributed by atoms with Gasteiger partial charge in [0, 0.05) is 7.05 Å². The molecule has 10 heteroatoms. The summed E-state index contributed by atoms with van der Waals surface area (Å²) in [5.41, 5.74) is 0. The molecule has 0 heterocycles. The van der Waals surface area contributed by atoms with Gasteiger partial charge in [0.2, 0.25) is 11.8 Å². The van der Waals surface area contributed by atoms with Crippen LogP contribution in [-0.2, 0) is 9.59 Å². The van der Waals surface area contributed by atoms with Crippen molar-refractivity contribution in [1.82, 2.24) is 4.90 Å². The van der Waals surface area contributed by atoms with Gasteiger partial charge in [-0.2, -0.15) is 26.3 Å². The fourth-order valence-electron chi connectivity index (χ4n) is 0.967. The molecule has 0 atom stereocenters. The molecule has 0 radical (unpaired) electrons. The second-order valence-corrected chi connectivity index (χ2v) is 3.10. The number of likely N-dealkylation sites (N-methyl/N-ethyl adjacent to an activating group) is 1. The molecule has 0 aliphatic rings. The summed E-state index contributed by atoms with van der Waals surface area (Å²) in [4.78, 5) is 20.8. The average Bonchev–Trinajstić information content (AvgIpc) is 1.96. The Morgan fingerprint density at radius 1 is 1.12 bits per heavy atom. The van der Waals surface area contributed by atoms with E-state index in [1.165, 1.54) is 0 Å². The largest absolute Gasteiger partial charge is 0.480 e. The van der Waals surface area contributed by atoms with Crippen molar-refractivity contribution in [2.75, 3.05) is 13.6 Å². The van der Waals surface area contributed by atoms with Gasteiger partial charge in [-0.25, -0.2) is 0 Å². The van der Waals surface area contributed by atoms with E-state index in [4.69, 9.17) is 5.11 Å². The van der Waals surface area contributed by atoms with Crippen molar-refractivity contribution < 1.29 is 41.0 Å². The highest BCUT2D eigenvalue weighted by Crippen LogP contribution is 2.40. The second-order valence-electron chi connectivity index (χ2n) is 3.10. The zero-order valence-electron chi connectivity index (χ0n) is 8.26. The molecule has 1 amide bonds. The molecule has 0 saturated heterocycles. The number of carboxylic acid groups (broad SMARTS) is 1. The topological polar surface area (TPSA) is 57.6 Å². The first-order valence-electron chi connectivity index (χ1n) is 3.97. The molecule has 0 fully saturated rings. The zero-order valence-corrected chi connectivity index (χ0v) is 8.26. The Morgan fingerprint density at radius 3 is 1.71 bits per heavy atom. The Labute approximate surface area is 90.8 Å². The minimum absolute atomic E-state index is 0.145. The number of aliphatic carboxylic acids is 1. The van der Waals surface area contributed by atoms with Gasteiger partial charge in [-0.1, -0.05) is 0 Å². The molecule has 0 aromatic heterocycles. The number of carboxylic acids is 1. The molecule has 0 unspecified atom stereocenters. The van der Waals surface area contributed by atoms with Gasteiger partial charge in [-0.05, 0) is 0 Å². The molecule has 0 aliphatic carbocycles. The fourth-order valence-corrected chi connectivity index (χ4v) is 0.967. The van der Waals surface area contributed by atoms with Gasteiger partial charge in [0.15, 0.2) is 0 Å². The number of rotatable bonds is 3. The zero-order chi connectivity index (χ0) is 14.0. The van der Waals surface area contributed by atoms with Crippen molar-refractivity contribution in [3.05, 3.63) is 0 Å². The summed E-state index contributed by atoms with van der Waals surface area (Å²) in [6.45, 7) is -1.25. The van der Waals surface area contributed by atoms with Crippen molar-refractivity contribution in [2.24, 2.45) is 5.92 Å². The van der Waals surface area contributed by atoms with Crippen LogP contribution in [0.5, 0.6) is 0 Å². The first kappa shape index (κ1) is 15.5. The summed E-state index contributed by atoms with van der Waals surface area (Å²) in [6.07, 6.45) is -11.6. The lowest BCUT2D eigenvalue weighted by molar-refractivity contribution is -0.277. The summed E-state index contributed by atoms with van der Waals surface area (Å²) in [6, 6.07) is 0. The van der Waals surface area contributed by atoms with Gasteiger partial charge in [0.1, 0.15) is 6.54 Å². The van der Waals surface area contributed by atoms with Crippen LogP contribution in [0.15, 0.2) is 0 Å². The Balaban J connectivity index is 5.09. The van der Waals surface area contributed by atoms with Crippen molar-refractivity contribution in [2.45, 2.75) is 12.4 Å². The summed E-state index contributed by atoms with van der Waals surface area (Å²) < 4.78 is 72.3. The number of alkyl halides is 6. The highest BCUT2D eigenvalue weighted by molar-refractivity contribution is 5.84. The minimum Gasteiger partial charge on any atom is -0.480 e. The lowest BCUT2D eigenvalue weighted by Gasteiger charge is -2.25. The molecule has 0 aliphatic heterocycles. The van der Waals surface area contributed by atoms with Gasteiger partial charge >= 0.3 is 18.3 Å². The lowest BCUT2D eigenvalue weighted by atomic mass is 10.1. The number of carbonyl (C=O) groups is 2. The normalized spacial score (nSPS) is 12.7. The third-order valence-corrected chi connectivity index (χ3v) is 1.65. The third-order valence-electron chi connectivity index (χ3n) is 1.65. The van der Waals surface area contributed by atoms with Crippen LogP contribution in [0.4, 0.5) is 26.3 Å². The quantitative estimate of drug-likeness (QED) is 0.783. The summed E-state index contributed by atoms with van der Waals surface area (Å²) in [5, 5.41) is 8.16. The van der Waals surface area contributed by atoms with Crippen LogP contribution in [0.3, 0.4) is 0 Å². The van der Waals surface area contributed by atoms with Gasteiger partial charge in [-0.3, -0.25) is 9.59 Å². The summed E-state index contributed by atoms with van der Waals surface area (Å²) in [5.74, 6) is -8.28. The van der Waals surface area contributed by atoms with Gasteiger partial charge < -0.3 is 10.0 Å². The first-order valence-corrected chi connectivity index (χ1v) is 3.97. The molecule has 100 valence electrons. The molecule has 0 aromatic rings. The fraction of sp³-hybridized carbons (Fsp3) is 0.714. The molecule has 0 rings (SSSR count). The maximum absolute atomic E-state index is 12.0. The average molecular weight is 267 g/mol. The predicted molar refractivity (Wildman–Crippen MR) is 40.9 cm³/mol. The van der Waals surface area contributed by atoms with E-state index >= 15 is 0 Å². The molecular formula is C7H7F6NO3. The number of hydrogen-bond acceptors (Lipinski definition) is 2. The summed E-state index contributed by atoms with van der Waals surface area (Å²) in [7, 11) is 0.543. The van der Waals surface area contributed by atoms with Crippen LogP contribution in [0.25, 0.3) is 0 Å². The van der Waals surface area contributed by atoms with Crippen LogP contribution >= 0.6 is 0 Å². The van der Waals surface area contributed by atoms with Crippen molar-refractivity contribution >= 4 is 11.9 Å². The van der Waals surface area contributed by atoms with E-state index in [2.05, 4.69) is 0 Å². The molecule has 0 bridgehead atoms. The van der Waals surface area contributed by atoms with E-state index in [0.29, 0.717) is 7.05 Å². The smallest absolute Gasteiger partial charge is 0.409 e. The van der Waals surface area contributed by atoms with Gasteiger partial charge in [0.25, 0.3) is 0 Å². The van der Waals surface area contributed by atoms with Crippen LogP contribution < -0.4 is 0 Å².